The van der Waals surface area contributed by atoms with E-state index in [0.29, 0.717) is 27.8 Å². The summed E-state index contributed by atoms with van der Waals surface area (Å²) in [6.07, 6.45) is 0. The van der Waals surface area contributed by atoms with Crippen LogP contribution in [0.25, 0.3) is 20.9 Å². The van der Waals surface area contributed by atoms with Crippen molar-refractivity contribution in [2.24, 2.45) is 0 Å². The molecule has 4 nitrogen and oxygen atoms in total. The molecule has 0 spiro atoms. The van der Waals surface area contributed by atoms with Crippen LogP contribution in [0.4, 0.5) is 5.69 Å². The normalized spacial score (nSPS) is 10.9. The summed E-state index contributed by atoms with van der Waals surface area (Å²) in [6, 6.07) is 18.5. The van der Waals surface area contributed by atoms with Gasteiger partial charge in [-0.25, -0.2) is 4.79 Å². The van der Waals surface area contributed by atoms with Gasteiger partial charge in [-0.1, -0.05) is 41.9 Å². The molecule has 1 aromatic heterocycles. The van der Waals surface area contributed by atoms with E-state index in [1.54, 1.807) is 31.2 Å². The van der Waals surface area contributed by atoms with E-state index < -0.39 is 0 Å². The van der Waals surface area contributed by atoms with Gasteiger partial charge < -0.3 is 10.1 Å². The maximum Gasteiger partial charge on any atom is 0.338 e. The summed E-state index contributed by atoms with van der Waals surface area (Å²) in [5.41, 5.74) is 1.02. The molecule has 0 aliphatic rings. The van der Waals surface area contributed by atoms with Crippen LogP contribution < -0.4 is 5.32 Å². The van der Waals surface area contributed by atoms with Crippen molar-refractivity contribution in [2.75, 3.05) is 11.9 Å². The maximum absolute atomic E-state index is 12.8. The number of benzene rings is 3. The Morgan fingerprint density at radius 1 is 1.04 bits per heavy atom. The van der Waals surface area contributed by atoms with Crippen molar-refractivity contribution in [3.05, 3.63) is 76.1 Å². The minimum absolute atomic E-state index is 0.279. The minimum Gasteiger partial charge on any atom is -0.462 e. The highest BCUT2D eigenvalue weighted by molar-refractivity contribution is 7.22. The zero-order valence-electron chi connectivity index (χ0n) is 15.0. The molecule has 140 valence electrons. The van der Waals surface area contributed by atoms with Gasteiger partial charge in [0.2, 0.25) is 0 Å². The van der Waals surface area contributed by atoms with E-state index in [2.05, 4.69) is 5.32 Å². The zero-order chi connectivity index (χ0) is 19.7. The van der Waals surface area contributed by atoms with E-state index in [1.807, 2.05) is 36.4 Å². The van der Waals surface area contributed by atoms with E-state index in [9.17, 15) is 9.59 Å². The summed E-state index contributed by atoms with van der Waals surface area (Å²) in [5.74, 6) is -0.668. The predicted octanol–water partition coefficient (Wildman–Crippen LogP) is 6.14. The lowest BCUT2D eigenvalue weighted by Gasteiger charge is -2.06. The molecule has 0 saturated heterocycles. The Balaban J connectivity index is 1.63. The molecule has 6 heteroatoms. The quantitative estimate of drug-likeness (QED) is 0.412. The minimum atomic E-state index is -0.389. The van der Waals surface area contributed by atoms with Gasteiger partial charge in [0.25, 0.3) is 5.91 Å². The highest BCUT2D eigenvalue weighted by Crippen LogP contribution is 2.40. The van der Waals surface area contributed by atoms with Crippen LogP contribution in [0.2, 0.25) is 5.02 Å². The molecule has 0 saturated carbocycles. The Kier molecular flexibility index (Phi) is 5.03. The number of hydrogen-bond donors (Lipinski definition) is 1. The Labute approximate surface area is 170 Å². The van der Waals surface area contributed by atoms with E-state index in [1.165, 1.54) is 11.3 Å². The molecule has 0 bridgehead atoms. The van der Waals surface area contributed by atoms with Gasteiger partial charge >= 0.3 is 5.97 Å². The molecule has 0 aliphatic carbocycles. The number of carbonyl (C=O) groups is 2. The number of thiophene rings is 1. The second kappa shape index (κ2) is 7.62. The molecule has 4 aromatic rings. The number of amides is 1. The number of esters is 1. The first-order valence-electron chi connectivity index (χ1n) is 8.76. The standard InChI is InChI=1S/C22H16ClNO3S/c1-2-27-22(26)14-7-10-15(11-8-14)24-21(25)20-19(23)18-16-6-4-3-5-13(16)9-12-17(18)28-20/h3-12H,2H2,1H3,(H,24,25). The third-order valence-corrected chi connectivity index (χ3v) is 6.03. The number of hydrogen-bond acceptors (Lipinski definition) is 4. The van der Waals surface area contributed by atoms with Crippen molar-refractivity contribution in [3.8, 4) is 0 Å². The van der Waals surface area contributed by atoms with Crippen LogP contribution in [0, 0.1) is 0 Å². The Morgan fingerprint density at radius 3 is 2.54 bits per heavy atom. The van der Waals surface area contributed by atoms with E-state index in [-0.39, 0.29) is 11.9 Å². The molecule has 0 fully saturated rings. The molecule has 0 aliphatic heterocycles. The first kappa shape index (κ1) is 18.5. The second-order valence-corrected chi connectivity index (χ2v) is 7.59. The topological polar surface area (TPSA) is 55.4 Å². The van der Waals surface area contributed by atoms with Gasteiger partial charge in [-0.05, 0) is 48.0 Å². The van der Waals surface area contributed by atoms with Crippen LogP contribution in [-0.4, -0.2) is 18.5 Å². The Morgan fingerprint density at radius 2 is 1.79 bits per heavy atom. The van der Waals surface area contributed by atoms with Crippen LogP contribution >= 0.6 is 22.9 Å². The van der Waals surface area contributed by atoms with Crippen LogP contribution in [0.15, 0.2) is 60.7 Å². The van der Waals surface area contributed by atoms with E-state index in [4.69, 9.17) is 16.3 Å². The fourth-order valence-electron chi connectivity index (χ4n) is 3.07. The summed E-state index contributed by atoms with van der Waals surface area (Å²) in [7, 11) is 0. The number of ether oxygens (including phenoxy) is 1. The molecule has 28 heavy (non-hydrogen) atoms. The van der Waals surface area contributed by atoms with Gasteiger partial charge in [-0.3, -0.25) is 4.79 Å². The third-order valence-electron chi connectivity index (χ3n) is 4.38. The van der Waals surface area contributed by atoms with Gasteiger partial charge in [0.15, 0.2) is 0 Å². The van der Waals surface area contributed by atoms with Crippen LogP contribution in [-0.2, 0) is 4.74 Å². The number of anilines is 1. The van der Waals surface area contributed by atoms with Crippen LogP contribution in [0.5, 0.6) is 0 Å². The lowest BCUT2D eigenvalue weighted by molar-refractivity contribution is 0.0526. The number of carbonyl (C=O) groups excluding carboxylic acids is 2. The van der Waals surface area contributed by atoms with Crippen molar-refractivity contribution in [2.45, 2.75) is 6.92 Å². The SMILES string of the molecule is CCOC(=O)c1ccc(NC(=O)c2sc3ccc4ccccc4c3c2Cl)cc1. The fourth-order valence-corrected chi connectivity index (χ4v) is 4.54. The molecule has 4 rings (SSSR count). The van der Waals surface area contributed by atoms with Crippen molar-refractivity contribution in [3.63, 3.8) is 0 Å². The average Bonchev–Trinajstić information content (AvgIpc) is 3.06. The first-order chi connectivity index (χ1) is 13.6. The summed E-state index contributed by atoms with van der Waals surface area (Å²) in [5, 5.41) is 6.30. The monoisotopic (exact) mass is 409 g/mol. The van der Waals surface area contributed by atoms with Crippen molar-refractivity contribution in [1.29, 1.82) is 0 Å². The third kappa shape index (κ3) is 3.35. The molecule has 1 amide bonds. The van der Waals surface area contributed by atoms with Gasteiger partial charge in [-0.2, -0.15) is 0 Å². The highest BCUT2D eigenvalue weighted by atomic mass is 35.5. The molecular formula is C22H16ClNO3S. The predicted molar refractivity (Wildman–Crippen MR) is 115 cm³/mol. The largest absolute Gasteiger partial charge is 0.462 e. The van der Waals surface area contributed by atoms with Crippen molar-refractivity contribution < 1.29 is 14.3 Å². The second-order valence-electron chi connectivity index (χ2n) is 6.16. The lowest BCUT2D eigenvalue weighted by Crippen LogP contribution is -2.11. The summed E-state index contributed by atoms with van der Waals surface area (Å²) < 4.78 is 5.93. The van der Waals surface area contributed by atoms with Gasteiger partial charge in [0, 0.05) is 15.8 Å². The van der Waals surface area contributed by atoms with Crippen LogP contribution in [0.3, 0.4) is 0 Å². The van der Waals surface area contributed by atoms with Gasteiger partial charge in [-0.15, -0.1) is 11.3 Å². The molecule has 1 heterocycles. The van der Waals surface area contributed by atoms with Crippen molar-refractivity contribution in [1.82, 2.24) is 0 Å². The molecule has 1 N–H and O–H groups in total. The summed E-state index contributed by atoms with van der Waals surface area (Å²) in [6.45, 7) is 2.07. The molecular weight excluding hydrogens is 394 g/mol. The number of nitrogens with one attached hydrogen (secondary N) is 1. The van der Waals surface area contributed by atoms with E-state index >= 15 is 0 Å². The smallest absolute Gasteiger partial charge is 0.338 e. The number of rotatable bonds is 4. The molecule has 0 atom stereocenters. The van der Waals surface area contributed by atoms with Crippen molar-refractivity contribution >= 4 is 61.4 Å². The number of fused-ring (bicyclic) bond motifs is 3. The molecule has 3 aromatic carbocycles. The average molecular weight is 410 g/mol. The van der Waals surface area contributed by atoms with Crippen LogP contribution in [0.1, 0.15) is 27.0 Å². The Hall–Kier alpha value is -2.89. The maximum atomic E-state index is 12.8. The summed E-state index contributed by atoms with van der Waals surface area (Å²) >= 11 is 7.95. The molecule has 0 radical (unpaired) electrons. The summed E-state index contributed by atoms with van der Waals surface area (Å²) in [4.78, 5) is 25.0. The zero-order valence-corrected chi connectivity index (χ0v) is 16.6. The molecule has 0 unspecified atom stereocenters. The Bertz CT molecular complexity index is 1200. The lowest BCUT2D eigenvalue weighted by atomic mass is 10.1. The fraction of sp³-hybridized carbons (Fsp3) is 0.0909. The van der Waals surface area contributed by atoms with E-state index in [0.717, 1.165) is 20.9 Å². The highest BCUT2D eigenvalue weighted by Gasteiger charge is 2.19. The number of halogens is 1. The van der Waals surface area contributed by atoms with Gasteiger partial charge in [0.1, 0.15) is 4.88 Å². The van der Waals surface area contributed by atoms with Gasteiger partial charge in [0.05, 0.1) is 17.2 Å². The first-order valence-corrected chi connectivity index (χ1v) is 9.96.